The Morgan fingerprint density at radius 1 is 1.14 bits per heavy atom. The molecule has 0 aromatic heterocycles. The van der Waals surface area contributed by atoms with Crippen LogP contribution in [0.15, 0.2) is 40.9 Å². The second-order valence-electron chi connectivity index (χ2n) is 5.86. The lowest BCUT2D eigenvalue weighted by atomic mass is 9.91. The van der Waals surface area contributed by atoms with E-state index in [2.05, 4.69) is 72.3 Å². The number of anilines is 1. The minimum atomic E-state index is 0.286. The van der Waals surface area contributed by atoms with Crippen LogP contribution < -0.4 is 10.1 Å². The van der Waals surface area contributed by atoms with E-state index < -0.39 is 0 Å². The average molecular weight is 346 g/mol. The molecule has 2 nitrogen and oxygen atoms in total. The van der Waals surface area contributed by atoms with Gasteiger partial charge in [0.15, 0.2) is 0 Å². The predicted molar refractivity (Wildman–Crippen MR) is 91.1 cm³/mol. The molecule has 0 spiro atoms. The summed E-state index contributed by atoms with van der Waals surface area (Å²) in [7, 11) is 0. The fourth-order valence-corrected chi connectivity index (χ4v) is 3.69. The minimum Gasteiger partial charge on any atom is -0.493 e. The second kappa shape index (κ2) is 5.72. The number of para-hydroxylation sites is 1. The van der Waals surface area contributed by atoms with Crippen LogP contribution in [0.5, 0.6) is 5.75 Å². The number of fused-ring (bicyclic) bond motifs is 1. The molecule has 0 radical (unpaired) electrons. The van der Waals surface area contributed by atoms with Gasteiger partial charge >= 0.3 is 0 Å². The van der Waals surface area contributed by atoms with Crippen LogP contribution in [-0.4, -0.2) is 6.61 Å². The molecule has 2 unspecified atom stereocenters. The van der Waals surface area contributed by atoms with Gasteiger partial charge in [0, 0.05) is 21.6 Å². The van der Waals surface area contributed by atoms with E-state index in [9.17, 15) is 0 Å². The molecule has 0 saturated carbocycles. The number of rotatable bonds is 2. The summed E-state index contributed by atoms with van der Waals surface area (Å²) in [6.45, 7) is 7.28. The van der Waals surface area contributed by atoms with Crippen LogP contribution in [0, 0.1) is 19.8 Å². The lowest BCUT2D eigenvalue weighted by Gasteiger charge is -2.33. The Kier molecular flexibility index (Phi) is 3.94. The lowest BCUT2D eigenvalue weighted by molar-refractivity contribution is 0.214. The molecule has 0 fully saturated rings. The first-order valence-corrected chi connectivity index (χ1v) is 8.10. The van der Waals surface area contributed by atoms with Crippen molar-refractivity contribution in [1.29, 1.82) is 0 Å². The van der Waals surface area contributed by atoms with Crippen LogP contribution in [0.3, 0.4) is 0 Å². The van der Waals surface area contributed by atoms with E-state index >= 15 is 0 Å². The largest absolute Gasteiger partial charge is 0.493 e. The highest BCUT2D eigenvalue weighted by Crippen LogP contribution is 2.38. The van der Waals surface area contributed by atoms with Crippen molar-refractivity contribution in [2.45, 2.75) is 26.8 Å². The molecule has 0 saturated heterocycles. The van der Waals surface area contributed by atoms with Gasteiger partial charge in [0.2, 0.25) is 0 Å². The summed E-state index contributed by atoms with van der Waals surface area (Å²) in [5.74, 6) is 1.43. The number of nitrogens with one attached hydrogen (secondary N) is 1. The van der Waals surface area contributed by atoms with E-state index in [0.29, 0.717) is 5.92 Å². The van der Waals surface area contributed by atoms with Crippen molar-refractivity contribution in [2.75, 3.05) is 11.9 Å². The molecule has 0 amide bonds. The molecule has 2 aromatic rings. The molecule has 1 N–H and O–H groups in total. The summed E-state index contributed by atoms with van der Waals surface area (Å²) in [4.78, 5) is 0. The number of benzene rings is 2. The van der Waals surface area contributed by atoms with Gasteiger partial charge in [-0.3, -0.25) is 0 Å². The molecule has 21 heavy (non-hydrogen) atoms. The van der Waals surface area contributed by atoms with Crippen molar-refractivity contribution in [3.8, 4) is 5.75 Å². The van der Waals surface area contributed by atoms with Gasteiger partial charge in [-0.05, 0) is 43.2 Å². The highest BCUT2D eigenvalue weighted by Gasteiger charge is 2.28. The number of hydrogen-bond acceptors (Lipinski definition) is 2. The van der Waals surface area contributed by atoms with Gasteiger partial charge in [0.1, 0.15) is 5.75 Å². The van der Waals surface area contributed by atoms with Crippen molar-refractivity contribution in [3.63, 3.8) is 0 Å². The monoisotopic (exact) mass is 345 g/mol. The van der Waals surface area contributed by atoms with Crippen LogP contribution >= 0.6 is 15.9 Å². The third-order valence-electron chi connectivity index (χ3n) is 4.12. The fourth-order valence-electron chi connectivity index (χ4n) is 3.01. The molecule has 0 aliphatic carbocycles. The molecule has 1 aliphatic rings. The molecule has 2 atom stereocenters. The maximum absolute atomic E-state index is 5.84. The fraction of sp³-hybridized carbons (Fsp3) is 0.333. The third kappa shape index (κ3) is 2.80. The normalized spacial score (nSPS) is 20.6. The standard InChI is InChI=1S/C18H20BrNO/c1-11-8-14(19)9-12(2)17(11)20-18-13(3)10-21-16-7-5-4-6-15(16)18/h4-9,13,18,20H,10H2,1-3H3. The minimum absolute atomic E-state index is 0.286. The van der Waals surface area contributed by atoms with Crippen molar-refractivity contribution in [2.24, 2.45) is 5.92 Å². The second-order valence-corrected chi connectivity index (χ2v) is 6.78. The summed E-state index contributed by atoms with van der Waals surface area (Å²) in [6, 6.07) is 12.9. The summed E-state index contributed by atoms with van der Waals surface area (Å²) in [6.07, 6.45) is 0. The van der Waals surface area contributed by atoms with Crippen LogP contribution in [0.2, 0.25) is 0 Å². The number of halogens is 1. The van der Waals surface area contributed by atoms with E-state index in [0.717, 1.165) is 16.8 Å². The zero-order valence-corrected chi connectivity index (χ0v) is 14.2. The Bertz CT molecular complexity index is 645. The maximum atomic E-state index is 5.84. The molecule has 1 heterocycles. The first kappa shape index (κ1) is 14.5. The van der Waals surface area contributed by atoms with E-state index in [1.54, 1.807) is 0 Å². The molecular weight excluding hydrogens is 326 g/mol. The molecule has 1 aliphatic heterocycles. The number of aryl methyl sites for hydroxylation is 2. The van der Waals surface area contributed by atoms with Crippen molar-refractivity contribution in [3.05, 3.63) is 57.6 Å². The first-order chi connectivity index (χ1) is 10.1. The molecule has 2 aromatic carbocycles. The Morgan fingerprint density at radius 2 is 1.81 bits per heavy atom. The van der Waals surface area contributed by atoms with Crippen molar-refractivity contribution < 1.29 is 4.74 Å². The molecular formula is C18H20BrNO. The Labute approximate surface area is 134 Å². The van der Waals surface area contributed by atoms with Gasteiger partial charge in [-0.15, -0.1) is 0 Å². The maximum Gasteiger partial charge on any atom is 0.124 e. The Balaban J connectivity index is 1.98. The number of hydrogen-bond donors (Lipinski definition) is 1. The molecule has 3 heteroatoms. The first-order valence-electron chi connectivity index (χ1n) is 7.31. The topological polar surface area (TPSA) is 21.3 Å². The third-order valence-corrected chi connectivity index (χ3v) is 4.58. The molecule has 3 rings (SSSR count). The van der Waals surface area contributed by atoms with Crippen LogP contribution in [0.4, 0.5) is 5.69 Å². The summed E-state index contributed by atoms with van der Waals surface area (Å²) < 4.78 is 6.96. The van der Waals surface area contributed by atoms with Crippen LogP contribution in [0.1, 0.15) is 29.7 Å². The summed E-state index contributed by atoms with van der Waals surface area (Å²) in [5, 5.41) is 3.75. The number of ether oxygens (including phenoxy) is 1. The van der Waals surface area contributed by atoms with Gasteiger partial charge in [0.05, 0.1) is 12.6 Å². The Hall–Kier alpha value is -1.48. The predicted octanol–water partition coefficient (Wildman–Crippen LogP) is 5.25. The Morgan fingerprint density at radius 3 is 2.52 bits per heavy atom. The zero-order chi connectivity index (χ0) is 15.0. The quantitative estimate of drug-likeness (QED) is 0.802. The van der Waals surface area contributed by atoms with Crippen molar-refractivity contribution in [1.82, 2.24) is 0 Å². The highest BCUT2D eigenvalue weighted by molar-refractivity contribution is 9.10. The van der Waals surface area contributed by atoms with Gasteiger partial charge in [0.25, 0.3) is 0 Å². The lowest BCUT2D eigenvalue weighted by Crippen LogP contribution is -2.29. The smallest absolute Gasteiger partial charge is 0.124 e. The summed E-state index contributed by atoms with van der Waals surface area (Å²) >= 11 is 3.56. The van der Waals surface area contributed by atoms with Gasteiger partial charge in [-0.1, -0.05) is 41.1 Å². The SMILES string of the molecule is Cc1cc(Br)cc(C)c1NC1c2ccccc2OCC1C. The van der Waals surface area contributed by atoms with Gasteiger partial charge in [-0.25, -0.2) is 0 Å². The van der Waals surface area contributed by atoms with Crippen LogP contribution in [-0.2, 0) is 0 Å². The van der Waals surface area contributed by atoms with Gasteiger partial charge in [-0.2, -0.15) is 0 Å². The highest BCUT2D eigenvalue weighted by atomic mass is 79.9. The van der Waals surface area contributed by atoms with E-state index in [1.165, 1.54) is 22.4 Å². The van der Waals surface area contributed by atoms with E-state index in [-0.39, 0.29) is 6.04 Å². The van der Waals surface area contributed by atoms with E-state index in [4.69, 9.17) is 4.74 Å². The molecule has 0 bridgehead atoms. The average Bonchev–Trinajstić information content (AvgIpc) is 2.44. The molecule has 110 valence electrons. The van der Waals surface area contributed by atoms with E-state index in [1.807, 2.05) is 6.07 Å². The zero-order valence-electron chi connectivity index (χ0n) is 12.6. The van der Waals surface area contributed by atoms with Crippen molar-refractivity contribution >= 4 is 21.6 Å². The van der Waals surface area contributed by atoms with Crippen LogP contribution in [0.25, 0.3) is 0 Å². The summed E-state index contributed by atoms with van der Waals surface area (Å²) in [5.41, 5.74) is 5.00. The van der Waals surface area contributed by atoms with Gasteiger partial charge < -0.3 is 10.1 Å².